The molecular formula is C26H27N5O2. The largest absolute Gasteiger partial charge is 0.350 e. The molecule has 0 aliphatic carbocycles. The van der Waals surface area contributed by atoms with Crippen LogP contribution in [0.25, 0.3) is 22.2 Å². The number of likely N-dealkylation sites (tertiary alicyclic amines) is 1. The number of hydrogen-bond donors (Lipinski definition) is 0. The standard InChI is InChI=1S/C26H27N5O2/c1-29-17-21(22-4-2-3-5-24(22)29)14-25(32)30-12-8-19(9-13-30)16-31-18-28-23(15-26(31)33)20-6-10-27-11-7-20/h2-7,10-11,15,17-19H,8-9,12-14,16H2,1H3. The first kappa shape index (κ1) is 21.1. The van der Waals surface area contributed by atoms with Crippen molar-refractivity contribution in [3.8, 4) is 11.3 Å². The van der Waals surface area contributed by atoms with Crippen molar-refractivity contribution in [2.75, 3.05) is 13.1 Å². The molecule has 0 radical (unpaired) electrons. The van der Waals surface area contributed by atoms with E-state index < -0.39 is 0 Å². The average molecular weight is 442 g/mol. The minimum Gasteiger partial charge on any atom is -0.350 e. The molecule has 1 aromatic carbocycles. The molecule has 0 spiro atoms. The van der Waals surface area contributed by atoms with Gasteiger partial charge in [0.2, 0.25) is 5.91 Å². The first-order chi connectivity index (χ1) is 16.1. The summed E-state index contributed by atoms with van der Waals surface area (Å²) in [6.07, 6.45) is 9.28. The Morgan fingerprint density at radius 1 is 1.09 bits per heavy atom. The van der Waals surface area contributed by atoms with E-state index in [1.54, 1.807) is 29.4 Å². The maximum absolute atomic E-state index is 13.0. The average Bonchev–Trinajstić information content (AvgIpc) is 3.16. The predicted molar refractivity (Wildman–Crippen MR) is 128 cm³/mol. The van der Waals surface area contributed by atoms with Crippen molar-refractivity contribution in [2.24, 2.45) is 13.0 Å². The van der Waals surface area contributed by atoms with Gasteiger partial charge in [-0.25, -0.2) is 4.98 Å². The highest BCUT2D eigenvalue weighted by atomic mass is 16.2. The predicted octanol–water partition coefficient (Wildman–Crippen LogP) is 3.28. The molecule has 0 unspecified atom stereocenters. The number of aromatic nitrogens is 4. The van der Waals surface area contributed by atoms with Crippen molar-refractivity contribution < 1.29 is 4.79 Å². The summed E-state index contributed by atoms with van der Waals surface area (Å²) in [5.74, 6) is 0.531. The van der Waals surface area contributed by atoms with Crippen LogP contribution in [0.3, 0.4) is 0 Å². The third kappa shape index (κ3) is 4.44. The topological polar surface area (TPSA) is 73.0 Å². The van der Waals surface area contributed by atoms with Gasteiger partial charge in [-0.15, -0.1) is 0 Å². The fourth-order valence-corrected chi connectivity index (χ4v) is 4.73. The van der Waals surface area contributed by atoms with Gasteiger partial charge in [0.05, 0.1) is 18.4 Å². The lowest BCUT2D eigenvalue weighted by atomic mass is 9.96. The fourth-order valence-electron chi connectivity index (χ4n) is 4.73. The molecule has 1 aliphatic heterocycles. The van der Waals surface area contributed by atoms with Crippen LogP contribution in [-0.2, 0) is 24.8 Å². The fraction of sp³-hybridized carbons (Fsp3) is 0.308. The third-order valence-electron chi connectivity index (χ3n) is 6.60. The monoisotopic (exact) mass is 441 g/mol. The van der Waals surface area contributed by atoms with Crippen molar-refractivity contribution in [3.05, 3.63) is 83.3 Å². The number of para-hydroxylation sites is 1. The molecule has 7 nitrogen and oxygen atoms in total. The van der Waals surface area contributed by atoms with Gasteiger partial charge in [-0.2, -0.15) is 0 Å². The number of fused-ring (bicyclic) bond motifs is 1. The van der Waals surface area contributed by atoms with E-state index in [2.05, 4.69) is 32.9 Å². The van der Waals surface area contributed by atoms with E-state index in [9.17, 15) is 9.59 Å². The van der Waals surface area contributed by atoms with Crippen LogP contribution in [0, 0.1) is 5.92 Å². The second-order valence-corrected chi connectivity index (χ2v) is 8.78. The smallest absolute Gasteiger partial charge is 0.253 e. The van der Waals surface area contributed by atoms with Gasteiger partial charge in [0, 0.05) is 67.8 Å². The number of benzene rings is 1. The van der Waals surface area contributed by atoms with Crippen LogP contribution >= 0.6 is 0 Å². The molecular weight excluding hydrogens is 414 g/mol. The van der Waals surface area contributed by atoms with E-state index in [4.69, 9.17) is 0 Å². The molecule has 1 saturated heterocycles. The molecule has 3 aromatic heterocycles. The quantitative estimate of drug-likeness (QED) is 0.477. The maximum atomic E-state index is 13.0. The second-order valence-electron chi connectivity index (χ2n) is 8.78. The van der Waals surface area contributed by atoms with Gasteiger partial charge in [0.25, 0.3) is 5.56 Å². The molecule has 33 heavy (non-hydrogen) atoms. The first-order valence-corrected chi connectivity index (χ1v) is 11.4. The summed E-state index contributed by atoms with van der Waals surface area (Å²) in [6, 6.07) is 13.5. The zero-order valence-corrected chi connectivity index (χ0v) is 18.7. The number of carbonyl (C=O) groups is 1. The van der Waals surface area contributed by atoms with Crippen molar-refractivity contribution >= 4 is 16.8 Å². The zero-order chi connectivity index (χ0) is 22.8. The highest BCUT2D eigenvalue weighted by Crippen LogP contribution is 2.23. The Hall–Kier alpha value is -3.74. The van der Waals surface area contributed by atoms with Crippen LogP contribution in [0.4, 0.5) is 0 Å². The third-order valence-corrected chi connectivity index (χ3v) is 6.60. The molecule has 1 amide bonds. The number of hydrogen-bond acceptors (Lipinski definition) is 4. The Balaban J connectivity index is 1.19. The van der Waals surface area contributed by atoms with Crippen molar-refractivity contribution in [1.82, 2.24) is 24.0 Å². The van der Waals surface area contributed by atoms with Crippen LogP contribution in [-0.4, -0.2) is 43.0 Å². The highest BCUT2D eigenvalue weighted by molar-refractivity contribution is 5.89. The van der Waals surface area contributed by atoms with E-state index in [1.807, 2.05) is 36.2 Å². The Labute approximate surface area is 192 Å². The van der Waals surface area contributed by atoms with Crippen LogP contribution in [0.5, 0.6) is 0 Å². The second kappa shape index (κ2) is 9.02. The Kier molecular flexibility index (Phi) is 5.77. The lowest BCUT2D eigenvalue weighted by Crippen LogP contribution is -2.40. The SMILES string of the molecule is Cn1cc(CC(=O)N2CCC(Cn3cnc(-c4ccncc4)cc3=O)CC2)c2ccccc21. The number of pyridine rings is 1. The molecule has 5 rings (SSSR count). The summed E-state index contributed by atoms with van der Waals surface area (Å²) in [4.78, 5) is 36.0. The van der Waals surface area contributed by atoms with Gasteiger partial charge in [-0.1, -0.05) is 18.2 Å². The van der Waals surface area contributed by atoms with Crippen LogP contribution in [0.15, 0.2) is 72.2 Å². The Bertz CT molecular complexity index is 1330. The van der Waals surface area contributed by atoms with Gasteiger partial charge < -0.3 is 9.47 Å². The number of carbonyl (C=O) groups excluding carboxylic acids is 1. The molecule has 4 heterocycles. The van der Waals surface area contributed by atoms with E-state index in [1.165, 1.54) is 0 Å². The summed E-state index contributed by atoms with van der Waals surface area (Å²) in [5, 5.41) is 1.14. The molecule has 168 valence electrons. The van der Waals surface area contributed by atoms with Gasteiger partial charge in [0.1, 0.15) is 0 Å². The van der Waals surface area contributed by atoms with Crippen LogP contribution < -0.4 is 5.56 Å². The van der Waals surface area contributed by atoms with Crippen LogP contribution in [0.1, 0.15) is 18.4 Å². The normalized spacial score (nSPS) is 14.6. The lowest BCUT2D eigenvalue weighted by molar-refractivity contribution is -0.131. The minimum absolute atomic E-state index is 0.0497. The van der Waals surface area contributed by atoms with Crippen molar-refractivity contribution in [3.63, 3.8) is 0 Å². The van der Waals surface area contributed by atoms with E-state index >= 15 is 0 Å². The van der Waals surface area contributed by atoms with E-state index in [0.29, 0.717) is 24.6 Å². The van der Waals surface area contributed by atoms with Crippen molar-refractivity contribution in [1.29, 1.82) is 0 Å². The van der Waals surface area contributed by atoms with E-state index in [-0.39, 0.29) is 11.5 Å². The summed E-state index contributed by atoms with van der Waals surface area (Å²) in [5.41, 5.74) is 3.71. The van der Waals surface area contributed by atoms with Crippen LogP contribution in [0.2, 0.25) is 0 Å². The molecule has 1 aliphatic rings. The summed E-state index contributed by atoms with van der Waals surface area (Å²) < 4.78 is 3.76. The molecule has 1 fully saturated rings. The Morgan fingerprint density at radius 2 is 1.85 bits per heavy atom. The lowest BCUT2D eigenvalue weighted by Gasteiger charge is -2.32. The molecule has 0 saturated carbocycles. The molecule has 0 atom stereocenters. The minimum atomic E-state index is -0.0497. The molecule has 0 N–H and O–H groups in total. The first-order valence-electron chi connectivity index (χ1n) is 11.4. The molecule has 7 heteroatoms. The van der Waals surface area contributed by atoms with Crippen molar-refractivity contribution in [2.45, 2.75) is 25.8 Å². The van der Waals surface area contributed by atoms with E-state index in [0.717, 1.165) is 48.0 Å². The van der Waals surface area contributed by atoms with Gasteiger partial charge in [0.15, 0.2) is 0 Å². The zero-order valence-electron chi connectivity index (χ0n) is 18.7. The molecule has 4 aromatic rings. The number of aryl methyl sites for hydroxylation is 1. The number of rotatable bonds is 5. The highest BCUT2D eigenvalue weighted by Gasteiger charge is 2.24. The number of nitrogens with zero attached hydrogens (tertiary/aromatic N) is 5. The summed E-state index contributed by atoms with van der Waals surface area (Å²) in [7, 11) is 2.02. The Morgan fingerprint density at radius 3 is 2.61 bits per heavy atom. The number of amides is 1. The van der Waals surface area contributed by atoms with Gasteiger partial charge in [-0.05, 0) is 42.5 Å². The number of piperidine rings is 1. The maximum Gasteiger partial charge on any atom is 0.253 e. The van der Waals surface area contributed by atoms with Gasteiger partial charge >= 0.3 is 0 Å². The summed E-state index contributed by atoms with van der Waals surface area (Å²) >= 11 is 0. The summed E-state index contributed by atoms with van der Waals surface area (Å²) in [6.45, 7) is 2.09. The van der Waals surface area contributed by atoms with Gasteiger partial charge in [-0.3, -0.25) is 19.1 Å². The molecule has 0 bridgehead atoms.